The number of amides is 3. The van der Waals surface area contributed by atoms with Crippen LogP contribution >= 0.6 is 0 Å². The molecule has 0 aliphatic carbocycles. The Morgan fingerprint density at radius 1 is 0.750 bits per heavy atom. The van der Waals surface area contributed by atoms with Crippen molar-refractivity contribution in [3.8, 4) is 11.1 Å². The van der Waals surface area contributed by atoms with Crippen LogP contribution in [0.25, 0.3) is 11.1 Å². The first kappa shape index (κ1) is 44.0. The monoisotopic (exact) mass is 769 g/mol. The minimum atomic E-state index is -0.545. The number of carbonyl (C=O) groups excluding carboxylic acids is 4. The summed E-state index contributed by atoms with van der Waals surface area (Å²) in [5, 5.41) is 2.94. The molecule has 304 valence electrons. The summed E-state index contributed by atoms with van der Waals surface area (Å²) in [4.78, 5) is 58.3. The van der Waals surface area contributed by atoms with Crippen LogP contribution < -0.4 is 5.32 Å². The number of ketones is 1. The molecule has 0 bridgehead atoms. The lowest BCUT2D eigenvalue weighted by molar-refractivity contribution is -0.130. The number of likely N-dealkylation sites (tertiary alicyclic amines) is 1. The highest BCUT2D eigenvalue weighted by atomic mass is 16.6. The lowest BCUT2D eigenvalue weighted by Gasteiger charge is -2.32. The first-order chi connectivity index (χ1) is 26.8. The molecule has 3 aromatic rings. The van der Waals surface area contributed by atoms with E-state index in [4.69, 9.17) is 9.47 Å². The molecule has 1 fully saturated rings. The molecular formula is C45H63N5O6. The topological polar surface area (TPSA) is 112 Å². The van der Waals surface area contributed by atoms with Crippen LogP contribution in [0.3, 0.4) is 0 Å². The van der Waals surface area contributed by atoms with E-state index in [0.29, 0.717) is 37.9 Å². The van der Waals surface area contributed by atoms with Crippen LogP contribution in [0.5, 0.6) is 0 Å². The number of rotatable bonds is 19. The zero-order valence-electron chi connectivity index (χ0n) is 34.4. The smallest absolute Gasteiger partial charge is 0.411 e. The van der Waals surface area contributed by atoms with Gasteiger partial charge in [0.25, 0.3) is 0 Å². The van der Waals surface area contributed by atoms with Crippen molar-refractivity contribution in [2.24, 2.45) is 0 Å². The Morgan fingerprint density at radius 3 is 2.12 bits per heavy atom. The fourth-order valence-electron chi connectivity index (χ4n) is 6.68. The molecule has 0 atom stereocenters. The molecule has 0 unspecified atom stereocenters. The van der Waals surface area contributed by atoms with Gasteiger partial charge in [0.15, 0.2) is 5.78 Å². The largest absolute Gasteiger partial charge is 0.446 e. The number of piperidine rings is 1. The number of unbranched alkanes of at least 4 members (excludes halogenated alkanes) is 2. The summed E-state index contributed by atoms with van der Waals surface area (Å²) in [5.74, 6) is 0.242. The van der Waals surface area contributed by atoms with Crippen molar-refractivity contribution >= 4 is 29.6 Å². The zero-order chi connectivity index (χ0) is 40.5. The van der Waals surface area contributed by atoms with Gasteiger partial charge in [-0.1, -0.05) is 79.2 Å². The molecule has 1 aliphatic rings. The van der Waals surface area contributed by atoms with Gasteiger partial charge >= 0.3 is 12.2 Å². The van der Waals surface area contributed by atoms with E-state index in [9.17, 15) is 19.2 Å². The van der Waals surface area contributed by atoms with E-state index >= 15 is 0 Å². The van der Waals surface area contributed by atoms with Gasteiger partial charge in [-0.05, 0) is 83.7 Å². The SMILES string of the molecule is CN(CCCCCC(=O)N(C)CCN1CCC(OC(=O)Nc2ccccc2-c2ccccc2)CC1)Cc1ccc(C(=O)CCCN(C)C(=O)OC(C)(C)C)cc1. The molecule has 11 heteroatoms. The van der Waals surface area contributed by atoms with Crippen LogP contribution in [0.15, 0.2) is 78.9 Å². The molecular weight excluding hydrogens is 707 g/mol. The van der Waals surface area contributed by atoms with Crippen LogP contribution in [0.2, 0.25) is 0 Å². The number of hydrogen-bond acceptors (Lipinski definition) is 8. The highest BCUT2D eigenvalue weighted by Gasteiger charge is 2.24. The van der Waals surface area contributed by atoms with Gasteiger partial charge in [-0.2, -0.15) is 0 Å². The van der Waals surface area contributed by atoms with E-state index in [-0.39, 0.29) is 23.9 Å². The molecule has 0 aromatic heterocycles. The molecule has 4 rings (SSSR count). The molecule has 0 saturated carbocycles. The molecule has 1 saturated heterocycles. The summed E-state index contributed by atoms with van der Waals surface area (Å²) in [6, 6.07) is 25.5. The van der Waals surface area contributed by atoms with Gasteiger partial charge in [-0.3, -0.25) is 14.9 Å². The van der Waals surface area contributed by atoms with E-state index < -0.39 is 11.7 Å². The normalized spacial score (nSPS) is 13.6. The molecule has 0 spiro atoms. The minimum absolute atomic E-state index is 0.0677. The van der Waals surface area contributed by atoms with E-state index in [1.165, 1.54) is 4.90 Å². The molecule has 56 heavy (non-hydrogen) atoms. The minimum Gasteiger partial charge on any atom is -0.446 e. The third-order valence-electron chi connectivity index (χ3n) is 10.00. The van der Waals surface area contributed by atoms with E-state index in [0.717, 1.165) is 87.2 Å². The maximum Gasteiger partial charge on any atom is 0.411 e. The van der Waals surface area contributed by atoms with Crippen LogP contribution in [-0.2, 0) is 20.8 Å². The van der Waals surface area contributed by atoms with Crippen molar-refractivity contribution in [2.75, 3.05) is 65.7 Å². The number of ether oxygens (including phenoxy) is 2. The molecule has 1 aliphatic heterocycles. The van der Waals surface area contributed by atoms with Gasteiger partial charge in [0.2, 0.25) is 5.91 Å². The maximum atomic E-state index is 12.8. The van der Waals surface area contributed by atoms with Crippen LogP contribution in [0, 0.1) is 0 Å². The number of para-hydroxylation sites is 1. The Kier molecular flexibility index (Phi) is 17.4. The third kappa shape index (κ3) is 15.4. The Bertz CT molecular complexity index is 1680. The molecule has 3 amide bonds. The molecule has 1 N–H and O–H groups in total. The standard InChI is InChI=1S/C45H63N5O6/c1-45(2,3)56-44(54)49(6)29-15-20-41(51)37-24-22-35(23-25-37)34-47(4)28-14-8-11-21-42(52)48(5)32-33-50-30-26-38(27-31-50)55-43(53)46-40-19-13-12-18-39(40)36-16-9-7-10-17-36/h7,9-10,12-13,16-19,22-25,38H,8,11,14-15,20-21,26-34H2,1-6H3,(H,46,53). The van der Waals surface area contributed by atoms with Gasteiger partial charge in [0, 0.05) is 77.3 Å². The van der Waals surface area contributed by atoms with Gasteiger partial charge in [-0.25, -0.2) is 9.59 Å². The molecule has 11 nitrogen and oxygen atoms in total. The molecule has 1 heterocycles. The summed E-state index contributed by atoms with van der Waals surface area (Å²) in [5.41, 5.74) is 4.00. The highest BCUT2D eigenvalue weighted by Crippen LogP contribution is 2.28. The Labute approximate surface area is 334 Å². The highest BCUT2D eigenvalue weighted by molar-refractivity contribution is 5.96. The number of likely N-dealkylation sites (N-methyl/N-ethyl adjacent to an activating group) is 1. The third-order valence-corrected chi connectivity index (χ3v) is 10.00. The lowest BCUT2D eigenvalue weighted by Crippen LogP contribution is -2.42. The van der Waals surface area contributed by atoms with Crippen molar-refractivity contribution in [3.05, 3.63) is 90.0 Å². The fourth-order valence-corrected chi connectivity index (χ4v) is 6.68. The summed E-state index contributed by atoms with van der Waals surface area (Å²) in [7, 11) is 5.66. The van der Waals surface area contributed by atoms with Gasteiger partial charge in [-0.15, -0.1) is 0 Å². The lowest BCUT2D eigenvalue weighted by atomic mass is 10.0. The van der Waals surface area contributed by atoms with Gasteiger partial charge in [0.1, 0.15) is 11.7 Å². The predicted octanol–water partition coefficient (Wildman–Crippen LogP) is 8.35. The van der Waals surface area contributed by atoms with Crippen molar-refractivity contribution in [2.45, 2.75) is 90.4 Å². The second kappa shape index (κ2) is 22.1. The molecule has 3 aromatic carbocycles. The number of nitrogens with one attached hydrogen (secondary N) is 1. The van der Waals surface area contributed by atoms with Crippen molar-refractivity contribution in [3.63, 3.8) is 0 Å². The average molecular weight is 770 g/mol. The van der Waals surface area contributed by atoms with Gasteiger partial charge in [0.05, 0.1) is 5.69 Å². The first-order valence-electron chi connectivity index (χ1n) is 20.1. The van der Waals surface area contributed by atoms with Crippen molar-refractivity contribution in [1.29, 1.82) is 0 Å². The number of anilines is 1. The van der Waals surface area contributed by atoms with Crippen LogP contribution in [0.4, 0.5) is 15.3 Å². The number of hydrogen-bond donors (Lipinski definition) is 1. The number of carbonyl (C=O) groups is 4. The Hall–Kier alpha value is -4.74. The first-order valence-corrected chi connectivity index (χ1v) is 20.1. The second-order valence-corrected chi connectivity index (χ2v) is 16.0. The summed E-state index contributed by atoms with van der Waals surface area (Å²) in [6.45, 7) is 10.8. The summed E-state index contributed by atoms with van der Waals surface area (Å²) >= 11 is 0. The van der Waals surface area contributed by atoms with Crippen molar-refractivity contribution in [1.82, 2.24) is 19.6 Å². The van der Waals surface area contributed by atoms with E-state index in [1.807, 2.05) is 112 Å². The maximum absolute atomic E-state index is 12.8. The van der Waals surface area contributed by atoms with Crippen LogP contribution in [0.1, 0.15) is 88.1 Å². The number of Topliss-reactive ketones (excluding diaryl/α,β-unsaturated/α-hetero) is 1. The predicted molar refractivity (Wildman–Crippen MR) is 223 cm³/mol. The summed E-state index contributed by atoms with van der Waals surface area (Å²) < 4.78 is 11.1. The Morgan fingerprint density at radius 2 is 1.43 bits per heavy atom. The Balaban J connectivity index is 1.03. The average Bonchev–Trinajstić information content (AvgIpc) is 3.17. The number of nitrogens with zero attached hydrogens (tertiary/aromatic N) is 4. The number of benzene rings is 3. The zero-order valence-corrected chi connectivity index (χ0v) is 34.4. The van der Waals surface area contributed by atoms with Crippen LogP contribution in [-0.4, -0.2) is 116 Å². The summed E-state index contributed by atoms with van der Waals surface area (Å²) in [6.07, 6.45) is 4.94. The van der Waals surface area contributed by atoms with E-state index in [1.54, 1.807) is 7.05 Å². The van der Waals surface area contributed by atoms with E-state index in [2.05, 4.69) is 22.2 Å². The van der Waals surface area contributed by atoms with Gasteiger partial charge < -0.3 is 29.1 Å². The van der Waals surface area contributed by atoms with Crippen molar-refractivity contribution < 1.29 is 28.7 Å². The molecule has 0 radical (unpaired) electrons. The quantitative estimate of drug-likeness (QED) is 0.0957. The second-order valence-electron chi connectivity index (χ2n) is 16.0. The fraction of sp³-hybridized carbons (Fsp3) is 0.511.